The average Bonchev–Trinajstić information content (AvgIpc) is 2.37. The van der Waals surface area contributed by atoms with Crippen LogP contribution in [-0.2, 0) is 5.75 Å². The van der Waals surface area contributed by atoms with Gasteiger partial charge < -0.3 is 15.7 Å². The van der Waals surface area contributed by atoms with Crippen molar-refractivity contribution in [1.29, 1.82) is 0 Å². The van der Waals surface area contributed by atoms with Gasteiger partial charge in [-0.05, 0) is 29.9 Å². The summed E-state index contributed by atoms with van der Waals surface area (Å²) in [7, 11) is 1.65. The summed E-state index contributed by atoms with van der Waals surface area (Å²) >= 11 is 1.85. The lowest BCUT2D eigenvalue weighted by molar-refractivity contribution is 0.318. The van der Waals surface area contributed by atoms with Crippen LogP contribution >= 0.6 is 11.8 Å². The minimum atomic E-state index is 0.118. The van der Waals surface area contributed by atoms with Gasteiger partial charge in [0.15, 0.2) is 5.84 Å². The van der Waals surface area contributed by atoms with Gasteiger partial charge in [0.2, 0.25) is 0 Å². The van der Waals surface area contributed by atoms with Crippen LogP contribution in [0.4, 0.5) is 0 Å². The van der Waals surface area contributed by atoms with Gasteiger partial charge in [-0.1, -0.05) is 19.0 Å². The molecule has 1 aromatic carbocycles. The zero-order valence-corrected chi connectivity index (χ0v) is 11.8. The molecule has 0 fully saturated rings. The number of nitrogens with zero attached hydrogens (tertiary/aromatic N) is 1. The maximum absolute atomic E-state index is 8.68. The monoisotopic (exact) mass is 268 g/mol. The van der Waals surface area contributed by atoms with E-state index < -0.39 is 0 Å². The van der Waals surface area contributed by atoms with E-state index in [4.69, 9.17) is 15.7 Å². The summed E-state index contributed by atoms with van der Waals surface area (Å²) < 4.78 is 5.31. The van der Waals surface area contributed by atoms with Gasteiger partial charge in [-0.3, -0.25) is 0 Å². The lowest BCUT2D eigenvalue weighted by atomic mass is 10.1. The number of methoxy groups -OCH3 is 1. The van der Waals surface area contributed by atoms with Gasteiger partial charge in [0, 0.05) is 16.9 Å². The average molecular weight is 268 g/mol. The molecule has 0 unspecified atom stereocenters. The number of hydrogen-bond donors (Lipinski definition) is 2. The predicted octanol–water partition coefficient (Wildman–Crippen LogP) is 2.68. The van der Waals surface area contributed by atoms with E-state index >= 15 is 0 Å². The van der Waals surface area contributed by atoms with E-state index in [0.717, 1.165) is 22.8 Å². The van der Waals surface area contributed by atoms with Crippen molar-refractivity contribution in [2.75, 3.05) is 12.9 Å². The minimum absolute atomic E-state index is 0.118. The van der Waals surface area contributed by atoms with Crippen LogP contribution in [0.5, 0.6) is 5.75 Å². The smallest absolute Gasteiger partial charge is 0.170 e. The van der Waals surface area contributed by atoms with Gasteiger partial charge in [-0.25, -0.2) is 0 Å². The predicted molar refractivity (Wildman–Crippen MR) is 76.5 cm³/mol. The topological polar surface area (TPSA) is 67.8 Å². The molecule has 0 aliphatic heterocycles. The third kappa shape index (κ3) is 4.14. The molecule has 0 aromatic heterocycles. The molecular weight excluding hydrogens is 248 g/mol. The first-order chi connectivity index (χ1) is 8.58. The number of thioether (sulfide) groups is 1. The fraction of sp³-hybridized carbons (Fsp3) is 0.462. The van der Waals surface area contributed by atoms with E-state index in [9.17, 15) is 0 Å². The van der Waals surface area contributed by atoms with Crippen LogP contribution in [0.15, 0.2) is 23.4 Å². The molecule has 0 aliphatic rings. The van der Waals surface area contributed by atoms with E-state index in [0.29, 0.717) is 11.5 Å². The number of oxime groups is 1. The van der Waals surface area contributed by atoms with E-state index in [1.165, 1.54) is 0 Å². The van der Waals surface area contributed by atoms with Crippen molar-refractivity contribution in [3.8, 4) is 5.75 Å². The number of hydrogen-bond acceptors (Lipinski definition) is 4. The molecule has 18 heavy (non-hydrogen) atoms. The van der Waals surface area contributed by atoms with Crippen LogP contribution in [0.2, 0.25) is 0 Å². The lowest BCUT2D eigenvalue weighted by Crippen LogP contribution is -2.13. The van der Waals surface area contributed by atoms with Crippen molar-refractivity contribution in [2.45, 2.75) is 19.6 Å². The molecule has 0 saturated heterocycles. The Labute approximate surface area is 112 Å². The van der Waals surface area contributed by atoms with Crippen LogP contribution in [0.25, 0.3) is 0 Å². The fourth-order valence-electron chi connectivity index (χ4n) is 1.51. The summed E-state index contributed by atoms with van der Waals surface area (Å²) in [5.74, 6) is 3.56. The van der Waals surface area contributed by atoms with Gasteiger partial charge in [-0.15, -0.1) is 0 Å². The highest BCUT2D eigenvalue weighted by atomic mass is 32.2. The zero-order valence-electron chi connectivity index (χ0n) is 11.0. The Balaban J connectivity index is 2.85. The van der Waals surface area contributed by atoms with Crippen molar-refractivity contribution < 1.29 is 9.94 Å². The van der Waals surface area contributed by atoms with E-state index in [2.05, 4.69) is 19.0 Å². The number of benzene rings is 1. The first kappa shape index (κ1) is 14.7. The maximum atomic E-state index is 8.68. The second-order valence-electron chi connectivity index (χ2n) is 4.42. The zero-order chi connectivity index (χ0) is 13.5. The Morgan fingerprint density at radius 3 is 2.78 bits per heavy atom. The van der Waals surface area contributed by atoms with Gasteiger partial charge in [0.25, 0.3) is 0 Å². The molecule has 5 heteroatoms. The summed E-state index contributed by atoms with van der Waals surface area (Å²) in [6.45, 7) is 4.38. The molecule has 0 radical (unpaired) electrons. The largest absolute Gasteiger partial charge is 0.496 e. The van der Waals surface area contributed by atoms with Crippen LogP contribution < -0.4 is 10.5 Å². The third-order valence-corrected chi connectivity index (χ3v) is 3.81. The van der Waals surface area contributed by atoms with Crippen molar-refractivity contribution in [3.63, 3.8) is 0 Å². The molecule has 0 atom stereocenters. The van der Waals surface area contributed by atoms with Crippen LogP contribution in [-0.4, -0.2) is 23.9 Å². The quantitative estimate of drug-likeness (QED) is 0.360. The van der Waals surface area contributed by atoms with Gasteiger partial charge in [-0.2, -0.15) is 11.8 Å². The van der Waals surface area contributed by atoms with Gasteiger partial charge in [0.05, 0.1) is 7.11 Å². The molecular formula is C13H20N2O2S. The Bertz CT molecular complexity index is 419. The molecule has 100 valence electrons. The molecule has 0 saturated carbocycles. The maximum Gasteiger partial charge on any atom is 0.170 e. The van der Waals surface area contributed by atoms with E-state index in [1.54, 1.807) is 13.2 Å². The molecule has 0 bridgehead atoms. The van der Waals surface area contributed by atoms with Crippen molar-refractivity contribution >= 4 is 17.6 Å². The second-order valence-corrected chi connectivity index (χ2v) is 5.45. The number of ether oxygens (including phenoxy) is 1. The molecule has 1 rings (SSSR count). The summed E-state index contributed by atoms with van der Waals surface area (Å²) in [4.78, 5) is 0. The van der Waals surface area contributed by atoms with Crippen molar-refractivity contribution in [2.24, 2.45) is 16.8 Å². The third-order valence-electron chi connectivity index (χ3n) is 2.39. The standard InChI is InChI=1S/C13H20N2O2S/c1-9(2)7-18-8-11-6-10(13(14)15-16)4-5-12(11)17-3/h4-6,9,16H,7-8H2,1-3H3,(H2,14,15). The highest BCUT2D eigenvalue weighted by Crippen LogP contribution is 2.25. The van der Waals surface area contributed by atoms with Gasteiger partial charge >= 0.3 is 0 Å². The number of rotatable bonds is 6. The van der Waals surface area contributed by atoms with Crippen LogP contribution in [0.3, 0.4) is 0 Å². The Morgan fingerprint density at radius 1 is 1.50 bits per heavy atom. The van der Waals surface area contributed by atoms with E-state index in [-0.39, 0.29) is 5.84 Å². The van der Waals surface area contributed by atoms with Crippen LogP contribution in [0.1, 0.15) is 25.0 Å². The highest BCUT2D eigenvalue weighted by molar-refractivity contribution is 7.98. The van der Waals surface area contributed by atoms with Crippen LogP contribution in [0, 0.1) is 5.92 Å². The molecule has 3 N–H and O–H groups in total. The molecule has 0 spiro atoms. The van der Waals surface area contributed by atoms with Gasteiger partial charge in [0.1, 0.15) is 5.75 Å². The fourth-order valence-corrected chi connectivity index (χ4v) is 2.55. The molecule has 1 aromatic rings. The van der Waals surface area contributed by atoms with E-state index in [1.807, 2.05) is 23.9 Å². The summed E-state index contributed by atoms with van der Waals surface area (Å²) in [6, 6.07) is 5.53. The first-order valence-electron chi connectivity index (χ1n) is 5.81. The molecule has 0 aliphatic carbocycles. The Kier molecular flexibility index (Phi) is 5.85. The highest BCUT2D eigenvalue weighted by Gasteiger charge is 2.07. The molecule has 0 heterocycles. The van der Waals surface area contributed by atoms with Crippen molar-refractivity contribution in [1.82, 2.24) is 0 Å². The Hall–Kier alpha value is -1.36. The SMILES string of the molecule is COc1ccc(/C(N)=N/O)cc1CSCC(C)C. The number of amidine groups is 1. The number of nitrogens with two attached hydrogens (primary N) is 1. The lowest BCUT2D eigenvalue weighted by Gasteiger charge is -2.11. The minimum Gasteiger partial charge on any atom is -0.496 e. The molecule has 4 nitrogen and oxygen atoms in total. The summed E-state index contributed by atoms with van der Waals surface area (Å²) in [5, 5.41) is 11.7. The summed E-state index contributed by atoms with van der Waals surface area (Å²) in [5.41, 5.74) is 7.35. The normalized spacial score (nSPS) is 11.9. The summed E-state index contributed by atoms with van der Waals surface area (Å²) in [6.07, 6.45) is 0. The van der Waals surface area contributed by atoms with Crippen molar-refractivity contribution in [3.05, 3.63) is 29.3 Å². The Morgan fingerprint density at radius 2 is 2.22 bits per heavy atom. The first-order valence-corrected chi connectivity index (χ1v) is 6.96. The second kappa shape index (κ2) is 7.16. The molecule has 0 amide bonds.